The highest BCUT2D eigenvalue weighted by atomic mass is 16.6. The van der Waals surface area contributed by atoms with Gasteiger partial charge in [0.25, 0.3) is 5.69 Å². The largest absolute Gasteiger partial charge is 0.368 e. The molecule has 3 amide bonds. The molecule has 0 unspecified atom stereocenters. The van der Waals surface area contributed by atoms with E-state index in [4.69, 9.17) is 5.73 Å². The number of nitrogens with one attached hydrogen (secondary N) is 2. The van der Waals surface area contributed by atoms with Gasteiger partial charge in [0.1, 0.15) is 12.1 Å². The lowest BCUT2D eigenvalue weighted by Crippen LogP contribution is -2.55. The van der Waals surface area contributed by atoms with E-state index in [0.29, 0.717) is 5.56 Å². The molecule has 2 atom stereocenters. The van der Waals surface area contributed by atoms with Crippen molar-refractivity contribution in [1.29, 1.82) is 0 Å². The second-order valence-electron chi connectivity index (χ2n) is 6.01. The second kappa shape index (κ2) is 8.76. The number of carbonyl (C=O) groups is 3. The van der Waals surface area contributed by atoms with Crippen LogP contribution in [0.25, 0.3) is 0 Å². The van der Waals surface area contributed by atoms with Crippen molar-refractivity contribution < 1.29 is 19.3 Å². The number of nitrogens with zero attached hydrogens (tertiary/aromatic N) is 1. The van der Waals surface area contributed by atoms with E-state index < -0.39 is 28.8 Å². The molecular weight excluding hydrogens is 328 g/mol. The van der Waals surface area contributed by atoms with Crippen LogP contribution in [0.1, 0.15) is 26.3 Å². The Kier molecular flexibility index (Phi) is 7.04. The van der Waals surface area contributed by atoms with Gasteiger partial charge in [0.15, 0.2) is 0 Å². The summed E-state index contributed by atoms with van der Waals surface area (Å²) in [6.07, 6.45) is 0.0873. The number of hydrogen-bond acceptors (Lipinski definition) is 5. The molecule has 1 aromatic rings. The summed E-state index contributed by atoms with van der Waals surface area (Å²) in [6, 6.07) is 3.81. The molecule has 0 saturated heterocycles. The summed E-state index contributed by atoms with van der Waals surface area (Å²) in [5, 5.41) is 15.7. The Morgan fingerprint density at radius 1 is 1.16 bits per heavy atom. The van der Waals surface area contributed by atoms with Crippen LogP contribution in [0, 0.1) is 16.0 Å². The van der Waals surface area contributed by atoms with Gasteiger partial charge >= 0.3 is 0 Å². The molecule has 4 N–H and O–H groups in total. The Balaban J connectivity index is 2.85. The van der Waals surface area contributed by atoms with Gasteiger partial charge in [0.2, 0.25) is 17.7 Å². The maximum absolute atomic E-state index is 12.3. The quantitative estimate of drug-likeness (QED) is 0.455. The first-order chi connectivity index (χ1) is 11.6. The Labute approximate surface area is 145 Å². The molecule has 9 nitrogen and oxygen atoms in total. The van der Waals surface area contributed by atoms with Crippen molar-refractivity contribution in [2.24, 2.45) is 11.7 Å². The van der Waals surface area contributed by atoms with Crippen LogP contribution in [0.2, 0.25) is 0 Å². The van der Waals surface area contributed by atoms with Gasteiger partial charge in [-0.2, -0.15) is 0 Å². The van der Waals surface area contributed by atoms with Gasteiger partial charge in [-0.3, -0.25) is 24.5 Å². The van der Waals surface area contributed by atoms with Gasteiger partial charge in [-0.15, -0.1) is 0 Å². The van der Waals surface area contributed by atoms with Crippen molar-refractivity contribution in [2.75, 3.05) is 0 Å². The molecular formula is C16H22N4O5. The minimum absolute atomic E-state index is 0.0751. The Bertz CT molecular complexity index is 657. The molecule has 0 radical (unpaired) electrons. The highest BCUT2D eigenvalue weighted by molar-refractivity contribution is 5.91. The number of nitrogens with two attached hydrogens (primary N) is 1. The summed E-state index contributed by atoms with van der Waals surface area (Å²) >= 11 is 0. The molecule has 0 aliphatic heterocycles. The molecule has 0 bridgehead atoms. The van der Waals surface area contributed by atoms with E-state index in [9.17, 15) is 24.5 Å². The SMILES string of the molecule is CC(=O)N[C@@H](C(=O)N[C@@H](Cc1ccc([N+](=O)[O-])cc1)C(N)=O)C(C)C. The predicted octanol–water partition coefficient (Wildman–Crippen LogP) is 0.268. The van der Waals surface area contributed by atoms with Crippen molar-refractivity contribution in [3.8, 4) is 0 Å². The molecule has 0 saturated carbocycles. The van der Waals surface area contributed by atoms with Gasteiger partial charge in [-0.05, 0) is 11.5 Å². The van der Waals surface area contributed by atoms with Crippen molar-refractivity contribution in [3.05, 3.63) is 39.9 Å². The number of non-ortho nitro benzene ring substituents is 1. The van der Waals surface area contributed by atoms with E-state index in [-0.39, 0.29) is 23.9 Å². The topological polar surface area (TPSA) is 144 Å². The second-order valence-corrected chi connectivity index (χ2v) is 6.01. The monoisotopic (exact) mass is 350 g/mol. The lowest BCUT2D eigenvalue weighted by molar-refractivity contribution is -0.384. The Morgan fingerprint density at radius 3 is 2.12 bits per heavy atom. The average Bonchev–Trinajstić information content (AvgIpc) is 2.51. The van der Waals surface area contributed by atoms with Gasteiger partial charge in [-0.25, -0.2) is 0 Å². The van der Waals surface area contributed by atoms with E-state index in [1.54, 1.807) is 13.8 Å². The van der Waals surface area contributed by atoms with Gasteiger partial charge < -0.3 is 16.4 Å². The molecule has 0 aliphatic rings. The minimum atomic E-state index is -0.996. The molecule has 0 heterocycles. The Morgan fingerprint density at radius 2 is 1.72 bits per heavy atom. The molecule has 9 heteroatoms. The zero-order valence-electron chi connectivity index (χ0n) is 14.3. The fourth-order valence-electron chi connectivity index (χ4n) is 2.23. The third kappa shape index (κ3) is 6.21. The number of hydrogen-bond donors (Lipinski definition) is 3. The standard InChI is InChI=1S/C16H22N4O5/c1-9(2)14(18-10(3)21)16(23)19-13(15(17)22)8-11-4-6-12(7-5-11)20(24)25/h4-7,9,13-14H,8H2,1-3H3,(H2,17,22)(H,18,21)(H,19,23)/t13-,14+/m0/s1. The lowest BCUT2D eigenvalue weighted by atomic mass is 10.0. The fraction of sp³-hybridized carbons (Fsp3) is 0.438. The number of rotatable bonds is 8. The van der Waals surface area contributed by atoms with E-state index >= 15 is 0 Å². The van der Waals surface area contributed by atoms with E-state index in [1.165, 1.54) is 31.2 Å². The summed E-state index contributed by atoms with van der Waals surface area (Å²) in [6.45, 7) is 4.82. The summed E-state index contributed by atoms with van der Waals surface area (Å²) in [5.41, 5.74) is 5.87. The molecule has 136 valence electrons. The average molecular weight is 350 g/mol. The van der Waals surface area contributed by atoms with E-state index in [0.717, 1.165) is 0 Å². The molecule has 0 fully saturated rings. The van der Waals surface area contributed by atoms with Crippen LogP contribution >= 0.6 is 0 Å². The van der Waals surface area contributed by atoms with Crippen LogP contribution in [-0.4, -0.2) is 34.7 Å². The third-order valence-electron chi connectivity index (χ3n) is 3.55. The molecule has 25 heavy (non-hydrogen) atoms. The molecule has 1 aromatic carbocycles. The van der Waals surface area contributed by atoms with Crippen molar-refractivity contribution in [2.45, 2.75) is 39.3 Å². The van der Waals surface area contributed by atoms with Crippen LogP contribution < -0.4 is 16.4 Å². The first-order valence-electron chi connectivity index (χ1n) is 7.72. The zero-order valence-corrected chi connectivity index (χ0v) is 14.3. The maximum Gasteiger partial charge on any atom is 0.269 e. The normalized spacial score (nSPS) is 13.0. The van der Waals surface area contributed by atoms with E-state index in [1.807, 2.05) is 0 Å². The lowest BCUT2D eigenvalue weighted by Gasteiger charge is -2.24. The highest BCUT2D eigenvalue weighted by Crippen LogP contribution is 2.13. The predicted molar refractivity (Wildman–Crippen MR) is 90.4 cm³/mol. The van der Waals surface area contributed by atoms with Gasteiger partial charge in [0.05, 0.1) is 4.92 Å². The number of carbonyl (C=O) groups excluding carboxylic acids is 3. The summed E-state index contributed by atoms with van der Waals surface area (Å²) in [4.78, 5) is 45.3. The van der Waals surface area contributed by atoms with Crippen LogP contribution in [0.4, 0.5) is 5.69 Å². The summed E-state index contributed by atoms with van der Waals surface area (Å²) < 4.78 is 0. The first-order valence-corrected chi connectivity index (χ1v) is 7.72. The van der Waals surface area contributed by atoms with Crippen LogP contribution in [0.3, 0.4) is 0 Å². The zero-order chi connectivity index (χ0) is 19.1. The van der Waals surface area contributed by atoms with Crippen LogP contribution in [0.5, 0.6) is 0 Å². The van der Waals surface area contributed by atoms with Crippen molar-refractivity contribution in [3.63, 3.8) is 0 Å². The number of primary amides is 1. The summed E-state index contributed by atoms with van der Waals surface area (Å²) in [7, 11) is 0. The molecule has 0 spiro atoms. The number of amides is 3. The summed E-state index contributed by atoms with van der Waals surface area (Å²) in [5.74, 6) is -1.80. The van der Waals surface area contributed by atoms with Gasteiger partial charge in [0, 0.05) is 25.5 Å². The van der Waals surface area contributed by atoms with Crippen LogP contribution in [-0.2, 0) is 20.8 Å². The number of benzene rings is 1. The minimum Gasteiger partial charge on any atom is -0.368 e. The molecule has 1 rings (SSSR count). The smallest absolute Gasteiger partial charge is 0.269 e. The van der Waals surface area contributed by atoms with Crippen LogP contribution in [0.15, 0.2) is 24.3 Å². The third-order valence-corrected chi connectivity index (χ3v) is 3.55. The van der Waals surface area contributed by atoms with Crippen molar-refractivity contribution >= 4 is 23.4 Å². The number of nitro groups is 1. The Hall–Kier alpha value is -2.97. The van der Waals surface area contributed by atoms with Gasteiger partial charge in [-0.1, -0.05) is 26.0 Å². The first kappa shape index (κ1) is 20.1. The highest BCUT2D eigenvalue weighted by Gasteiger charge is 2.27. The van der Waals surface area contributed by atoms with Crippen molar-refractivity contribution in [1.82, 2.24) is 10.6 Å². The molecule has 0 aromatic heterocycles. The van der Waals surface area contributed by atoms with E-state index in [2.05, 4.69) is 10.6 Å². The number of nitro benzene ring substituents is 1. The molecule has 0 aliphatic carbocycles. The fourth-order valence-corrected chi connectivity index (χ4v) is 2.23. The maximum atomic E-state index is 12.3.